The Balaban J connectivity index is 1.48. The van der Waals surface area contributed by atoms with Crippen molar-refractivity contribution in [2.45, 2.75) is 44.7 Å². The largest absolute Gasteiger partial charge is 0.337 e. The minimum Gasteiger partial charge on any atom is -0.337 e. The first-order valence-electron chi connectivity index (χ1n) is 8.64. The summed E-state index contributed by atoms with van der Waals surface area (Å²) in [7, 11) is 0. The second-order valence-corrected chi connectivity index (χ2v) is 6.97. The van der Waals surface area contributed by atoms with E-state index in [9.17, 15) is 0 Å². The van der Waals surface area contributed by atoms with Crippen molar-refractivity contribution < 1.29 is 4.52 Å². The Labute approximate surface area is 137 Å². The predicted molar refractivity (Wildman–Crippen MR) is 88.8 cm³/mol. The fraction of sp³-hybridized carbons (Fsp3) is 0.556. The highest BCUT2D eigenvalue weighted by molar-refractivity contribution is 5.54. The second-order valence-electron chi connectivity index (χ2n) is 6.97. The number of nitrogens with one attached hydrogen (secondary N) is 1. The van der Waals surface area contributed by atoms with E-state index >= 15 is 0 Å². The lowest BCUT2D eigenvalue weighted by Gasteiger charge is -2.18. The van der Waals surface area contributed by atoms with Crippen LogP contribution in [0, 0.1) is 0 Å². The summed E-state index contributed by atoms with van der Waals surface area (Å²) < 4.78 is 5.51. The van der Waals surface area contributed by atoms with Crippen molar-refractivity contribution in [1.29, 1.82) is 0 Å². The summed E-state index contributed by atoms with van der Waals surface area (Å²) in [4.78, 5) is 7.12. The summed E-state index contributed by atoms with van der Waals surface area (Å²) in [6.07, 6.45) is 4.86. The van der Waals surface area contributed by atoms with E-state index < -0.39 is 0 Å². The van der Waals surface area contributed by atoms with Crippen LogP contribution >= 0.6 is 0 Å². The molecule has 1 aromatic heterocycles. The molecule has 2 fully saturated rings. The van der Waals surface area contributed by atoms with Gasteiger partial charge in [-0.05, 0) is 57.8 Å². The lowest BCUT2D eigenvalue weighted by Crippen LogP contribution is -2.33. The maximum Gasteiger partial charge on any atom is 0.246 e. The van der Waals surface area contributed by atoms with Crippen molar-refractivity contribution in [2.24, 2.45) is 0 Å². The molecule has 0 radical (unpaired) electrons. The van der Waals surface area contributed by atoms with E-state index in [4.69, 9.17) is 4.52 Å². The summed E-state index contributed by atoms with van der Waals surface area (Å²) in [5, 5.41) is 7.63. The van der Waals surface area contributed by atoms with Crippen LogP contribution < -0.4 is 5.32 Å². The molecule has 1 aromatic carbocycles. The third kappa shape index (κ3) is 3.03. The molecular formula is C18H24N4O. The first-order valence-corrected chi connectivity index (χ1v) is 8.64. The third-order valence-corrected chi connectivity index (χ3v) is 5.08. The Kier molecular flexibility index (Phi) is 3.91. The molecule has 4 rings (SSSR count). The topological polar surface area (TPSA) is 54.2 Å². The van der Waals surface area contributed by atoms with Gasteiger partial charge in [0, 0.05) is 12.1 Å². The predicted octanol–water partition coefficient (Wildman–Crippen LogP) is 2.93. The Morgan fingerprint density at radius 1 is 1.17 bits per heavy atom. The van der Waals surface area contributed by atoms with Crippen molar-refractivity contribution in [3.63, 3.8) is 0 Å². The molecule has 0 bridgehead atoms. The molecule has 5 heteroatoms. The Bertz CT molecular complexity index is 652. The monoisotopic (exact) mass is 312 g/mol. The molecule has 2 saturated heterocycles. The van der Waals surface area contributed by atoms with Crippen molar-refractivity contribution >= 4 is 0 Å². The van der Waals surface area contributed by atoms with Gasteiger partial charge in [-0.1, -0.05) is 29.4 Å². The number of hydrogen-bond acceptors (Lipinski definition) is 5. The summed E-state index contributed by atoms with van der Waals surface area (Å²) in [5.74, 6) is 1.38. The lowest BCUT2D eigenvalue weighted by atomic mass is 10.0. The minimum atomic E-state index is -0.166. The first kappa shape index (κ1) is 14.8. The average Bonchev–Trinajstić information content (AvgIpc) is 3.29. The van der Waals surface area contributed by atoms with Gasteiger partial charge in [-0.2, -0.15) is 4.98 Å². The van der Waals surface area contributed by atoms with E-state index in [0.717, 1.165) is 31.5 Å². The maximum atomic E-state index is 5.51. The number of rotatable bonds is 4. The number of aromatic nitrogens is 2. The van der Waals surface area contributed by atoms with Gasteiger partial charge in [-0.25, -0.2) is 0 Å². The van der Waals surface area contributed by atoms with Crippen molar-refractivity contribution in [1.82, 2.24) is 20.4 Å². The minimum absolute atomic E-state index is 0.166. The van der Waals surface area contributed by atoms with Gasteiger partial charge in [-0.3, -0.25) is 4.90 Å². The van der Waals surface area contributed by atoms with Gasteiger partial charge in [-0.15, -0.1) is 0 Å². The lowest BCUT2D eigenvalue weighted by molar-refractivity contribution is 0.275. The normalized spacial score (nSPS) is 25.3. The molecule has 0 spiro atoms. The molecule has 0 unspecified atom stereocenters. The molecule has 0 aliphatic carbocycles. The first-order chi connectivity index (χ1) is 11.2. The smallest absolute Gasteiger partial charge is 0.246 e. The highest BCUT2D eigenvalue weighted by Gasteiger charge is 2.35. The quantitative estimate of drug-likeness (QED) is 0.940. The van der Waals surface area contributed by atoms with Crippen molar-refractivity contribution in [3.8, 4) is 11.4 Å². The molecule has 122 valence electrons. The molecule has 1 atom stereocenters. The van der Waals surface area contributed by atoms with Crippen LogP contribution in [0.2, 0.25) is 0 Å². The molecule has 0 saturated carbocycles. The van der Waals surface area contributed by atoms with Gasteiger partial charge in [0.15, 0.2) is 0 Å². The van der Waals surface area contributed by atoms with Crippen LogP contribution in [0.25, 0.3) is 11.4 Å². The molecule has 23 heavy (non-hydrogen) atoms. The Morgan fingerprint density at radius 2 is 1.96 bits per heavy atom. The van der Waals surface area contributed by atoms with E-state index in [2.05, 4.69) is 51.5 Å². The van der Waals surface area contributed by atoms with Gasteiger partial charge in [0.1, 0.15) is 0 Å². The number of hydrogen-bond donors (Lipinski definition) is 1. The van der Waals surface area contributed by atoms with Crippen LogP contribution in [0.15, 0.2) is 28.8 Å². The Morgan fingerprint density at radius 3 is 2.65 bits per heavy atom. The SMILES string of the molecule is C[C@]1(c2nc(-c3ccc(CN4CCCC4)cc3)no2)CCCN1. The van der Waals surface area contributed by atoms with Gasteiger partial charge < -0.3 is 9.84 Å². The fourth-order valence-electron chi connectivity index (χ4n) is 3.60. The molecular weight excluding hydrogens is 288 g/mol. The maximum absolute atomic E-state index is 5.51. The fourth-order valence-corrected chi connectivity index (χ4v) is 3.60. The van der Waals surface area contributed by atoms with Crippen LogP contribution in [-0.2, 0) is 12.1 Å². The summed E-state index contributed by atoms with van der Waals surface area (Å²) in [6.45, 7) is 6.64. The zero-order valence-corrected chi connectivity index (χ0v) is 13.7. The molecule has 0 amide bonds. The van der Waals surface area contributed by atoms with Crippen molar-refractivity contribution in [2.75, 3.05) is 19.6 Å². The molecule has 1 N–H and O–H groups in total. The van der Waals surface area contributed by atoms with E-state index in [-0.39, 0.29) is 5.54 Å². The number of nitrogens with zero attached hydrogens (tertiary/aromatic N) is 3. The van der Waals surface area contributed by atoms with E-state index in [1.165, 1.54) is 31.5 Å². The molecule has 2 aliphatic rings. The van der Waals surface area contributed by atoms with E-state index in [1.807, 2.05) is 0 Å². The van der Waals surface area contributed by atoms with Gasteiger partial charge in [0.05, 0.1) is 5.54 Å². The summed E-state index contributed by atoms with van der Waals surface area (Å²) in [6, 6.07) is 8.56. The summed E-state index contributed by atoms with van der Waals surface area (Å²) in [5.41, 5.74) is 2.21. The van der Waals surface area contributed by atoms with Crippen LogP contribution in [0.1, 0.15) is 44.1 Å². The zero-order chi connectivity index (χ0) is 15.7. The molecule has 3 heterocycles. The number of benzene rings is 1. The highest BCUT2D eigenvalue weighted by atomic mass is 16.5. The third-order valence-electron chi connectivity index (χ3n) is 5.08. The number of likely N-dealkylation sites (tertiary alicyclic amines) is 1. The standard InChI is InChI=1S/C18H24N4O/c1-18(9-4-10-19-18)17-20-16(21-23-17)15-7-5-14(6-8-15)13-22-11-2-3-12-22/h5-8,19H,2-4,9-13H2,1H3/t18-/m1/s1. The van der Waals surface area contributed by atoms with Gasteiger partial charge in [0.25, 0.3) is 0 Å². The van der Waals surface area contributed by atoms with Crippen LogP contribution in [0.3, 0.4) is 0 Å². The molecule has 2 aromatic rings. The summed E-state index contributed by atoms with van der Waals surface area (Å²) >= 11 is 0. The Hall–Kier alpha value is -1.72. The van der Waals surface area contributed by atoms with E-state index in [1.54, 1.807) is 0 Å². The van der Waals surface area contributed by atoms with Gasteiger partial charge >= 0.3 is 0 Å². The molecule has 2 aliphatic heterocycles. The van der Waals surface area contributed by atoms with E-state index in [0.29, 0.717) is 11.7 Å². The van der Waals surface area contributed by atoms with Crippen LogP contribution in [0.5, 0.6) is 0 Å². The van der Waals surface area contributed by atoms with Crippen molar-refractivity contribution in [3.05, 3.63) is 35.7 Å². The highest BCUT2D eigenvalue weighted by Crippen LogP contribution is 2.30. The zero-order valence-electron chi connectivity index (χ0n) is 13.7. The molecule has 5 nitrogen and oxygen atoms in total. The van der Waals surface area contributed by atoms with Crippen LogP contribution in [0.4, 0.5) is 0 Å². The van der Waals surface area contributed by atoms with Crippen LogP contribution in [-0.4, -0.2) is 34.7 Å². The van der Waals surface area contributed by atoms with Gasteiger partial charge in [0.2, 0.25) is 11.7 Å². The average molecular weight is 312 g/mol. The second kappa shape index (κ2) is 6.06.